The van der Waals surface area contributed by atoms with E-state index < -0.39 is 11.8 Å². The zero-order valence-corrected chi connectivity index (χ0v) is 21.4. The number of rotatable bonds is 10. The Hall–Kier alpha value is -3.56. The number of carbonyl (C=O) groups excluding carboxylic acids is 2. The van der Waals surface area contributed by atoms with Gasteiger partial charge >= 0.3 is 0 Å². The van der Waals surface area contributed by atoms with Crippen molar-refractivity contribution in [1.29, 1.82) is 0 Å². The molecule has 10 heteroatoms. The van der Waals surface area contributed by atoms with Gasteiger partial charge in [0.25, 0.3) is 11.8 Å². The number of nitrogens with zero attached hydrogens (tertiary/aromatic N) is 1. The van der Waals surface area contributed by atoms with Gasteiger partial charge in [0.15, 0.2) is 11.5 Å². The second-order valence-corrected chi connectivity index (χ2v) is 8.38. The molecule has 35 heavy (non-hydrogen) atoms. The summed E-state index contributed by atoms with van der Waals surface area (Å²) in [6, 6.07) is 17.6. The molecule has 0 saturated carbocycles. The molecule has 182 valence electrons. The van der Waals surface area contributed by atoms with Crippen molar-refractivity contribution in [3.63, 3.8) is 0 Å². The lowest BCUT2D eigenvalue weighted by Gasteiger charge is -2.10. The van der Waals surface area contributed by atoms with E-state index >= 15 is 0 Å². The van der Waals surface area contributed by atoms with E-state index in [2.05, 4.69) is 31.8 Å². The van der Waals surface area contributed by atoms with Crippen LogP contribution >= 0.6 is 27.5 Å². The minimum Gasteiger partial charge on any atom is -0.493 e. The highest BCUT2D eigenvalue weighted by atomic mass is 79.9. The summed E-state index contributed by atoms with van der Waals surface area (Å²) >= 11 is 9.63. The van der Waals surface area contributed by atoms with Crippen molar-refractivity contribution in [2.45, 2.75) is 6.61 Å². The number of halogens is 2. The quantitative estimate of drug-likeness (QED) is 0.279. The van der Waals surface area contributed by atoms with Crippen LogP contribution in [0.1, 0.15) is 21.5 Å². The van der Waals surface area contributed by atoms with Gasteiger partial charge in [0, 0.05) is 16.1 Å². The van der Waals surface area contributed by atoms with E-state index in [0.717, 1.165) is 15.6 Å². The Kier molecular flexibility index (Phi) is 9.51. The molecule has 8 nitrogen and oxygen atoms in total. The third-order valence-corrected chi connectivity index (χ3v) is 5.74. The Bertz CT molecular complexity index is 1240. The summed E-state index contributed by atoms with van der Waals surface area (Å²) in [7, 11) is 2.98. The fraction of sp³-hybridized carbons (Fsp3) is 0.160. The van der Waals surface area contributed by atoms with Gasteiger partial charge in [-0.2, -0.15) is 5.10 Å². The van der Waals surface area contributed by atoms with Gasteiger partial charge in [0.2, 0.25) is 0 Å². The first kappa shape index (κ1) is 26.1. The highest BCUT2D eigenvalue weighted by molar-refractivity contribution is 9.10. The average molecular weight is 561 g/mol. The van der Waals surface area contributed by atoms with E-state index in [1.54, 1.807) is 30.3 Å². The molecule has 0 aliphatic rings. The summed E-state index contributed by atoms with van der Waals surface area (Å²) < 4.78 is 16.9. The van der Waals surface area contributed by atoms with Gasteiger partial charge in [-0.1, -0.05) is 29.8 Å². The summed E-state index contributed by atoms with van der Waals surface area (Å²) in [4.78, 5) is 24.3. The monoisotopic (exact) mass is 559 g/mol. The Balaban J connectivity index is 1.48. The van der Waals surface area contributed by atoms with Gasteiger partial charge < -0.3 is 19.5 Å². The van der Waals surface area contributed by atoms with Crippen LogP contribution in [0.3, 0.4) is 0 Å². The van der Waals surface area contributed by atoms with Crippen molar-refractivity contribution in [1.82, 2.24) is 10.7 Å². The van der Waals surface area contributed by atoms with Crippen LogP contribution in [-0.2, 0) is 11.4 Å². The minimum atomic E-state index is -0.478. The molecule has 3 aromatic carbocycles. The summed E-state index contributed by atoms with van der Waals surface area (Å²) in [6.07, 6.45) is 1.48. The van der Waals surface area contributed by atoms with Gasteiger partial charge in [-0.25, -0.2) is 5.43 Å². The number of hydrazone groups is 1. The van der Waals surface area contributed by atoms with E-state index in [9.17, 15) is 9.59 Å². The van der Waals surface area contributed by atoms with Gasteiger partial charge in [0.1, 0.15) is 12.4 Å². The van der Waals surface area contributed by atoms with E-state index in [-0.39, 0.29) is 6.54 Å². The zero-order chi connectivity index (χ0) is 25.2. The third kappa shape index (κ3) is 7.46. The van der Waals surface area contributed by atoms with Crippen LogP contribution in [0.5, 0.6) is 17.2 Å². The molecule has 0 heterocycles. The largest absolute Gasteiger partial charge is 0.493 e. The van der Waals surface area contributed by atoms with Crippen LogP contribution in [0.4, 0.5) is 0 Å². The first-order valence-electron chi connectivity index (χ1n) is 10.4. The number of hydrogen-bond donors (Lipinski definition) is 2. The number of hydrogen-bond acceptors (Lipinski definition) is 6. The van der Waals surface area contributed by atoms with Gasteiger partial charge in [-0.15, -0.1) is 0 Å². The summed E-state index contributed by atoms with van der Waals surface area (Å²) in [5, 5.41) is 7.10. The topological polar surface area (TPSA) is 98.2 Å². The van der Waals surface area contributed by atoms with Gasteiger partial charge in [-0.3, -0.25) is 9.59 Å². The maximum Gasteiger partial charge on any atom is 0.259 e. The Morgan fingerprint density at radius 1 is 1.00 bits per heavy atom. The molecule has 0 bridgehead atoms. The molecule has 0 aliphatic carbocycles. The SMILES string of the molecule is COc1ccc(C(=O)NCC(=O)NN=Cc2ccc(OCc3ccccc3Cl)c(Br)c2)cc1OC. The maximum absolute atomic E-state index is 12.3. The van der Waals surface area contributed by atoms with Crippen molar-refractivity contribution in [3.05, 3.63) is 86.8 Å². The van der Waals surface area contributed by atoms with Crippen molar-refractivity contribution in [2.24, 2.45) is 5.10 Å². The predicted molar refractivity (Wildman–Crippen MR) is 138 cm³/mol. The van der Waals surface area contributed by atoms with Crippen LogP contribution in [0.15, 0.2) is 70.2 Å². The molecule has 0 atom stereocenters. The maximum atomic E-state index is 12.3. The number of carbonyl (C=O) groups is 2. The van der Waals surface area contributed by atoms with Gasteiger partial charge in [0.05, 0.1) is 31.5 Å². The predicted octanol–water partition coefficient (Wildman–Crippen LogP) is 4.58. The Morgan fingerprint density at radius 2 is 1.74 bits per heavy atom. The van der Waals surface area contributed by atoms with E-state index in [4.69, 9.17) is 25.8 Å². The first-order valence-corrected chi connectivity index (χ1v) is 11.6. The van der Waals surface area contributed by atoms with Crippen molar-refractivity contribution in [3.8, 4) is 17.2 Å². The average Bonchev–Trinajstić information content (AvgIpc) is 2.87. The summed E-state index contributed by atoms with van der Waals surface area (Å²) in [5.74, 6) is 0.655. The standard InChI is InChI=1S/C25H23BrClN3O5/c1-33-22-10-8-17(12-23(22)34-2)25(32)28-14-24(31)30-29-13-16-7-9-21(19(26)11-16)35-15-18-5-3-4-6-20(18)27/h3-13H,14-15H2,1-2H3,(H,28,32)(H,30,31). The fourth-order valence-corrected chi connectivity index (χ4v) is 3.65. The van der Waals surface area contributed by atoms with Gasteiger partial charge in [-0.05, 0) is 64.0 Å². The summed E-state index contributed by atoms with van der Waals surface area (Å²) in [5.41, 5.74) is 4.32. The number of methoxy groups -OCH3 is 2. The molecule has 0 fully saturated rings. The van der Waals surface area contributed by atoms with E-state index in [1.807, 2.05) is 24.3 Å². The molecule has 0 aromatic heterocycles. The molecule has 0 radical (unpaired) electrons. The Morgan fingerprint density at radius 3 is 2.46 bits per heavy atom. The molecule has 0 spiro atoms. The van der Waals surface area contributed by atoms with Crippen LogP contribution < -0.4 is 25.0 Å². The van der Waals surface area contributed by atoms with Crippen molar-refractivity contribution >= 4 is 45.6 Å². The van der Waals surface area contributed by atoms with Crippen LogP contribution in [0.25, 0.3) is 0 Å². The lowest BCUT2D eigenvalue weighted by molar-refractivity contribution is -0.120. The highest BCUT2D eigenvalue weighted by Gasteiger charge is 2.12. The molecule has 3 aromatic rings. The molecule has 0 saturated heterocycles. The molecule has 0 unspecified atom stereocenters. The third-order valence-electron chi connectivity index (χ3n) is 4.76. The second kappa shape index (κ2) is 12.8. The fourth-order valence-electron chi connectivity index (χ4n) is 2.94. The first-order chi connectivity index (χ1) is 16.9. The van der Waals surface area contributed by atoms with Crippen molar-refractivity contribution in [2.75, 3.05) is 20.8 Å². The minimum absolute atomic E-state index is 0.247. The smallest absolute Gasteiger partial charge is 0.259 e. The number of ether oxygens (including phenoxy) is 3. The van der Waals surface area contributed by atoms with Crippen LogP contribution in [0.2, 0.25) is 5.02 Å². The molecule has 0 aliphatic heterocycles. The van der Waals surface area contributed by atoms with Crippen molar-refractivity contribution < 1.29 is 23.8 Å². The van der Waals surface area contributed by atoms with Crippen LogP contribution in [0, 0.1) is 0 Å². The molecular formula is C25H23BrClN3O5. The molecule has 2 N–H and O–H groups in total. The number of amides is 2. The number of benzene rings is 3. The molecule has 3 rings (SSSR count). The van der Waals surface area contributed by atoms with E-state index in [1.165, 1.54) is 26.5 Å². The zero-order valence-electron chi connectivity index (χ0n) is 19.0. The van der Waals surface area contributed by atoms with E-state index in [0.29, 0.717) is 34.4 Å². The highest BCUT2D eigenvalue weighted by Crippen LogP contribution is 2.28. The lowest BCUT2D eigenvalue weighted by atomic mass is 10.2. The normalized spacial score (nSPS) is 10.6. The summed E-state index contributed by atoms with van der Waals surface area (Å²) in [6.45, 7) is 0.0832. The van der Waals surface area contributed by atoms with Crippen LogP contribution in [-0.4, -0.2) is 38.8 Å². The lowest BCUT2D eigenvalue weighted by Crippen LogP contribution is -2.34. The molecule has 2 amide bonds. The molecular weight excluding hydrogens is 538 g/mol. The Labute approximate surface area is 216 Å². The second-order valence-electron chi connectivity index (χ2n) is 7.12. The number of nitrogens with one attached hydrogen (secondary N) is 2.